The molecule has 3 heteroatoms. The van der Waals surface area contributed by atoms with Gasteiger partial charge in [-0.2, -0.15) is 0 Å². The van der Waals surface area contributed by atoms with E-state index < -0.39 is 0 Å². The van der Waals surface area contributed by atoms with Crippen molar-refractivity contribution in [3.05, 3.63) is 0 Å². The third kappa shape index (κ3) is 7.30. The van der Waals surface area contributed by atoms with Crippen molar-refractivity contribution in [3.63, 3.8) is 0 Å². The van der Waals surface area contributed by atoms with Crippen LogP contribution < -0.4 is 5.32 Å². The van der Waals surface area contributed by atoms with Gasteiger partial charge in [0.25, 0.3) is 0 Å². The SMILES string of the molecule is CC.CN(C)CCCN1CCNCC1. The van der Waals surface area contributed by atoms with E-state index in [1.54, 1.807) is 0 Å². The normalized spacial score (nSPS) is 17.8. The van der Waals surface area contributed by atoms with Gasteiger partial charge in [0.2, 0.25) is 0 Å². The fourth-order valence-electron chi connectivity index (χ4n) is 1.55. The zero-order valence-corrected chi connectivity index (χ0v) is 10.3. The summed E-state index contributed by atoms with van der Waals surface area (Å²) in [5.74, 6) is 0. The van der Waals surface area contributed by atoms with E-state index in [1.165, 1.54) is 45.7 Å². The van der Waals surface area contributed by atoms with Crippen molar-refractivity contribution < 1.29 is 0 Å². The first kappa shape index (κ1) is 13.9. The Kier molecular flexibility index (Phi) is 9.35. The first-order chi connectivity index (χ1) is 6.79. The third-order valence-electron chi connectivity index (χ3n) is 2.29. The molecule has 0 radical (unpaired) electrons. The van der Waals surface area contributed by atoms with Gasteiger partial charge in [-0.1, -0.05) is 13.8 Å². The molecule has 0 aromatic heterocycles. The molecule has 1 aliphatic rings. The third-order valence-corrected chi connectivity index (χ3v) is 2.29. The number of piperazine rings is 1. The predicted octanol–water partition coefficient (Wildman–Crippen LogP) is 0.870. The summed E-state index contributed by atoms with van der Waals surface area (Å²) in [6.45, 7) is 11.3. The first-order valence-corrected chi connectivity index (χ1v) is 5.87. The van der Waals surface area contributed by atoms with Crippen LogP contribution in [0.25, 0.3) is 0 Å². The van der Waals surface area contributed by atoms with Crippen LogP contribution >= 0.6 is 0 Å². The van der Waals surface area contributed by atoms with Crippen LogP contribution in [0.5, 0.6) is 0 Å². The van der Waals surface area contributed by atoms with E-state index in [4.69, 9.17) is 0 Å². The maximum atomic E-state index is 3.36. The van der Waals surface area contributed by atoms with Crippen molar-refractivity contribution in [1.29, 1.82) is 0 Å². The van der Waals surface area contributed by atoms with Gasteiger partial charge in [0.1, 0.15) is 0 Å². The summed E-state index contributed by atoms with van der Waals surface area (Å²) in [7, 11) is 4.27. The van der Waals surface area contributed by atoms with Gasteiger partial charge in [0, 0.05) is 26.2 Å². The summed E-state index contributed by atoms with van der Waals surface area (Å²) in [5, 5.41) is 3.36. The summed E-state index contributed by atoms with van der Waals surface area (Å²) >= 11 is 0. The van der Waals surface area contributed by atoms with Crippen molar-refractivity contribution >= 4 is 0 Å². The Balaban J connectivity index is 0.000000791. The van der Waals surface area contributed by atoms with Gasteiger partial charge < -0.3 is 15.1 Å². The molecule has 1 saturated heterocycles. The molecule has 0 aliphatic carbocycles. The highest BCUT2D eigenvalue weighted by atomic mass is 15.2. The minimum Gasteiger partial charge on any atom is -0.314 e. The van der Waals surface area contributed by atoms with E-state index in [0.29, 0.717) is 0 Å². The second kappa shape index (κ2) is 9.44. The summed E-state index contributed by atoms with van der Waals surface area (Å²) in [6.07, 6.45) is 1.30. The monoisotopic (exact) mass is 201 g/mol. The average molecular weight is 201 g/mol. The lowest BCUT2D eigenvalue weighted by Gasteiger charge is -2.27. The van der Waals surface area contributed by atoms with Crippen LogP contribution in [0.1, 0.15) is 20.3 Å². The van der Waals surface area contributed by atoms with Crippen molar-refractivity contribution in [2.45, 2.75) is 20.3 Å². The standard InChI is InChI=1S/C9H21N3.C2H6/c1-11(2)6-3-7-12-8-4-10-5-9-12;1-2/h10H,3-9H2,1-2H3;1-2H3. The molecule has 86 valence electrons. The quantitative estimate of drug-likeness (QED) is 0.728. The first-order valence-electron chi connectivity index (χ1n) is 5.87. The van der Waals surface area contributed by atoms with E-state index in [-0.39, 0.29) is 0 Å². The number of nitrogens with one attached hydrogen (secondary N) is 1. The molecule has 0 unspecified atom stereocenters. The number of nitrogens with zero attached hydrogens (tertiary/aromatic N) is 2. The van der Waals surface area contributed by atoms with Crippen LogP contribution in [0.4, 0.5) is 0 Å². The topological polar surface area (TPSA) is 18.5 Å². The van der Waals surface area contributed by atoms with Gasteiger partial charge in [-0.15, -0.1) is 0 Å². The Labute approximate surface area is 89.5 Å². The summed E-state index contributed by atoms with van der Waals surface area (Å²) in [6, 6.07) is 0. The summed E-state index contributed by atoms with van der Waals surface area (Å²) < 4.78 is 0. The molecule has 0 saturated carbocycles. The van der Waals surface area contributed by atoms with Crippen LogP contribution in [0.2, 0.25) is 0 Å². The summed E-state index contributed by atoms with van der Waals surface area (Å²) in [5.41, 5.74) is 0. The molecule has 1 heterocycles. The molecule has 1 aliphatic heterocycles. The smallest absolute Gasteiger partial charge is 0.0107 e. The molecule has 1 N–H and O–H groups in total. The van der Waals surface area contributed by atoms with Crippen LogP contribution in [-0.4, -0.2) is 63.2 Å². The van der Waals surface area contributed by atoms with E-state index in [9.17, 15) is 0 Å². The molecule has 1 rings (SSSR count). The Hall–Kier alpha value is -0.120. The molecule has 0 spiro atoms. The van der Waals surface area contributed by atoms with Crippen molar-refractivity contribution in [2.24, 2.45) is 0 Å². The largest absolute Gasteiger partial charge is 0.314 e. The van der Waals surface area contributed by atoms with Crippen LogP contribution in [0.15, 0.2) is 0 Å². The maximum Gasteiger partial charge on any atom is 0.0107 e. The van der Waals surface area contributed by atoms with Crippen LogP contribution in [0, 0.1) is 0 Å². The molecule has 0 aromatic rings. The predicted molar refractivity (Wildman–Crippen MR) is 63.8 cm³/mol. The zero-order chi connectivity index (χ0) is 10.8. The van der Waals surface area contributed by atoms with E-state index in [2.05, 4.69) is 29.2 Å². The number of hydrogen-bond donors (Lipinski definition) is 1. The molecular weight excluding hydrogens is 174 g/mol. The molecule has 1 fully saturated rings. The highest BCUT2D eigenvalue weighted by Gasteiger charge is 2.07. The lowest BCUT2D eigenvalue weighted by molar-refractivity contribution is 0.228. The Bertz CT molecular complexity index is 109. The number of rotatable bonds is 4. The van der Waals surface area contributed by atoms with Crippen molar-refractivity contribution in [2.75, 3.05) is 53.4 Å². The van der Waals surface area contributed by atoms with Crippen molar-refractivity contribution in [1.82, 2.24) is 15.1 Å². The van der Waals surface area contributed by atoms with Crippen LogP contribution in [-0.2, 0) is 0 Å². The fourth-order valence-corrected chi connectivity index (χ4v) is 1.55. The van der Waals surface area contributed by atoms with Gasteiger partial charge in [0.05, 0.1) is 0 Å². The summed E-state index contributed by atoms with van der Waals surface area (Å²) in [4.78, 5) is 4.79. The highest BCUT2D eigenvalue weighted by molar-refractivity contribution is 4.67. The van der Waals surface area contributed by atoms with Gasteiger partial charge in [-0.3, -0.25) is 0 Å². The maximum absolute atomic E-state index is 3.36. The molecule has 0 bridgehead atoms. The zero-order valence-electron chi connectivity index (χ0n) is 10.3. The molecule has 3 nitrogen and oxygen atoms in total. The highest BCUT2D eigenvalue weighted by Crippen LogP contribution is 1.94. The lowest BCUT2D eigenvalue weighted by Crippen LogP contribution is -2.44. The van der Waals surface area contributed by atoms with Crippen molar-refractivity contribution in [3.8, 4) is 0 Å². The van der Waals surface area contributed by atoms with Gasteiger partial charge in [-0.05, 0) is 33.6 Å². The average Bonchev–Trinajstić information content (AvgIpc) is 2.22. The second-order valence-corrected chi connectivity index (χ2v) is 3.75. The Morgan fingerprint density at radius 1 is 1.14 bits per heavy atom. The second-order valence-electron chi connectivity index (χ2n) is 3.75. The minimum atomic E-state index is 1.17. The van der Waals surface area contributed by atoms with Crippen LogP contribution in [0.3, 0.4) is 0 Å². The fraction of sp³-hybridized carbons (Fsp3) is 1.00. The lowest BCUT2D eigenvalue weighted by atomic mass is 10.3. The molecule has 14 heavy (non-hydrogen) atoms. The van der Waals surface area contributed by atoms with E-state index in [1.807, 2.05) is 13.8 Å². The number of hydrogen-bond acceptors (Lipinski definition) is 3. The molecule has 0 amide bonds. The van der Waals surface area contributed by atoms with E-state index >= 15 is 0 Å². The molecule has 0 aromatic carbocycles. The molecular formula is C11H27N3. The van der Waals surface area contributed by atoms with Gasteiger partial charge in [-0.25, -0.2) is 0 Å². The Morgan fingerprint density at radius 3 is 2.21 bits per heavy atom. The Morgan fingerprint density at radius 2 is 1.71 bits per heavy atom. The van der Waals surface area contributed by atoms with Gasteiger partial charge >= 0.3 is 0 Å². The minimum absolute atomic E-state index is 1.17. The van der Waals surface area contributed by atoms with E-state index in [0.717, 1.165) is 0 Å². The van der Waals surface area contributed by atoms with Gasteiger partial charge in [0.15, 0.2) is 0 Å². The molecule has 0 atom stereocenters.